The van der Waals surface area contributed by atoms with E-state index in [2.05, 4.69) is 6.58 Å². The van der Waals surface area contributed by atoms with Gasteiger partial charge in [-0.1, -0.05) is 6.58 Å². The van der Waals surface area contributed by atoms with Crippen molar-refractivity contribution < 1.29 is 19.1 Å². The average Bonchev–Trinajstić information content (AvgIpc) is 2.64. The van der Waals surface area contributed by atoms with Gasteiger partial charge in [0.05, 0.1) is 12.0 Å². The molecule has 1 aliphatic carbocycles. The molecule has 0 aromatic rings. The summed E-state index contributed by atoms with van der Waals surface area (Å²) in [6.07, 6.45) is 3.76. The van der Waals surface area contributed by atoms with Gasteiger partial charge in [0.15, 0.2) is 0 Å². The van der Waals surface area contributed by atoms with Crippen molar-refractivity contribution in [3.8, 4) is 0 Å². The second-order valence-electron chi connectivity index (χ2n) is 5.05. The summed E-state index contributed by atoms with van der Waals surface area (Å²) in [5.74, 6) is -0.401. The summed E-state index contributed by atoms with van der Waals surface area (Å²) in [7, 11) is 0. The highest BCUT2D eigenvalue weighted by atomic mass is 16.5. The van der Waals surface area contributed by atoms with E-state index in [1.54, 1.807) is 6.92 Å². The molecular formula is C13H18O4. The number of carbonyl (C=O) groups excluding carboxylic acids is 2. The van der Waals surface area contributed by atoms with Crippen LogP contribution in [-0.4, -0.2) is 24.6 Å². The lowest BCUT2D eigenvalue weighted by Crippen LogP contribution is -2.35. The molecule has 1 spiro atoms. The highest BCUT2D eigenvalue weighted by Crippen LogP contribution is 2.44. The van der Waals surface area contributed by atoms with Gasteiger partial charge in [-0.3, -0.25) is 4.79 Å². The van der Waals surface area contributed by atoms with E-state index < -0.39 is 0 Å². The second kappa shape index (κ2) is 4.51. The first-order valence-corrected chi connectivity index (χ1v) is 6.07. The number of hydrogen-bond acceptors (Lipinski definition) is 4. The van der Waals surface area contributed by atoms with E-state index in [0.29, 0.717) is 12.2 Å². The highest BCUT2D eigenvalue weighted by Gasteiger charge is 2.47. The zero-order valence-corrected chi connectivity index (χ0v) is 10.2. The number of ether oxygens (including phenoxy) is 2. The Labute approximate surface area is 101 Å². The molecule has 2 aliphatic rings. The smallest absolute Gasteiger partial charge is 0.333 e. The number of hydrogen-bond donors (Lipinski definition) is 0. The van der Waals surface area contributed by atoms with E-state index in [-0.39, 0.29) is 23.5 Å². The molecule has 0 bridgehead atoms. The van der Waals surface area contributed by atoms with Crippen molar-refractivity contribution in [1.29, 1.82) is 0 Å². The number of esters is 2. The third-order valence-corrected chi connectivity index (χ3v) is 3.76. The van der Waals surface area contributed by atoms with Gasteiger partial charge in [-0.15, -0.1) is 0 Å². The maximum atomic E-state index is 11.6. The highest BCUT2D eigenvalue weighted by molar-refractivity contribution is 5.87. The van der Waals surface area contributed by atoms with Crippen molar-refractivity contribution in [3.05, 3.63) is 12.2 Å². The number of rotatable bonds is 2. The summed E-state index contributed by atoms with van der Waals surface area (Å²) in [6.45, 7) is 5.73. The molecule has 0 N–H and O–H groups in total. The predicted molar refractivity (Wildman–Crippen MR) is 61.2 cm³/mol. The van der Waals surface area contributed by atoms with Gasteiger partial charge in [0.2, 0.25) is 0 Å². The standard InChI is InChI=1S/C13H18O4/c1-9(2)11(14)17-10-3-5-13(6-4-10)7-8-16-12(13)15/h10H,1,3-8H2,2H3. The van der Waals surface area contributed by atoms with Crippen LogP contribution in [0.4, 0.5) is 0 Å². The molecular weight excluding hydrogens is 220 g/mol. The number of carbonyl (C=O) groups is 2. The first-order chi connectivity index (χ1) is 8.03. The van der Waals surface area contributed by atoms with Gasteiger partial charge in [0, 0.05) is 5.57 Å². The lowest BCUT2D eigenvalue weighted by atomic mass is 9.72. The summed E-state index contributed by atoms with van der Waals surface area (Å²) in [6, 6.07) is 0. The SMILES string of the molecule is C=C(C)C(=O)OC1CCC2(CCOC2=O)CC1. The fourth-order valence-corrected chi connectivity index (χ4v) is 2.56. The molecule has 0 atom stereocenters. The maximum Gasteiger partial charge on any atom is 0.333 e. The van der Waals surface area contributed by atoms with Crippen molar-refractivity contribution in [2.75, 3.05) is 6.61 Å². The molecule has 0 aromatic carbocycles. The molecule has 0 amide bonds. The fraction of sp³-hybridized carbons (Fsp3) is 0.692. The van der Waals surface area contributed by atoms with E-state index in [0.717, 1.165) is 32.1 Å². The average molecular weight is 238 g/mol. The Bertz CT molecular complexity index is 350. The summed E-state index contributed by atoms with van der Waals surface area (Å²) in [4.78, 5) is 23.0. The van der Waals surface area contributed by atoms with Gasteiger partial charge in [0.25, 0.3) is 0 Å². The van der Waals surface area contributed by atoms with E-state index in [9.17, 15) is 9.59 Å². The van der Waals surface area contributed by atoms with Gasteiger partial charge in [-0.05, 0) is 39.0 Å². The van der Waals surface area contributed by atoms with Crippen molar-refractivity contribution in [2.24, 2.45) is 5.41 Å². The summed E-state index contributed by atoms with van der Waals surface area (Å²) in [5.41, 5.74) is 0.136. The van der Waals surface area contributed by atoms with E-state index in [4.69, 9.17) is 9.47 Å². The second-order valence-corrected chi connectivity index (χ2v) is 5.05. The molecule has 0 aromatic heterocycles. The van der Waals surface area contributed by atoms with Gasteiger partial charge in [0.1, 0.15) is 6.10 Å². The minimum Gasteiger partial charge on any atom is -0.465 e. The van der Waals surface area contributed by atoms with Crippen LogP contribution in [0.3, 0.4) is 0 Å². The van der Waals surface area contributed by atoms with Crippen LogP contribution in [0, 0.1) is 5.41 Å². The van der Waals surface area contributed by atoms with Gasteiger partial charge < -0.3 is 9.47 Å². The largest absolute Gasteiger partial charge is 0.465 e. The van der Waals surface area contributed by atoms with Crippen molar-refractivity contribution >= 4 is 11.9 Å². The van der Waals surface area contributed by atoms with Crippen LogP contribution in [0.2, 0.25) is 0 Å². The summed E-state index contributed by atoms with van der Waals surface area (Å²) >= 11 is 0. The molecule has 0 unspecified atom stereocenters. The molecule has 1 saturated carbocycles. The molecule has 17 heavy (non-hydrogen) atoms. The Hall–Kier alpha value is -1.32. The lowest BCUT2D eigenvalue weighted by molar-refractivity contribution is -0.152. The Kier molecular flexibility index (Phi) is 3.22. The molecule has 4 heteroatoms. The van der Waals surface area contributed by atoms with E-state index >= 15 is 0 Å². The summed E-state index contributed by atoms with van der Waals surface area (Å²) < 4.78 is 10.3. The lowest BCUT2D eigenvalue weighted by Gasteiger charge is -2.33. The molecule has 94 valence electrons. The van der Waals surface area contributed by atoms with Crippen molar-refractivity contribution in [1.82, 2.24) is 0 Å². The molecule has 0 radical (unpaired) electrons. The molecule has 4 nitrogen and oxygen atoms in total. The molecule has 2 fully saturated rings. The maximum absolute atomic E-state index is 11.6. The minimum absolute atomic E-state index is 0.0674. The van der Waals surface area contributed by atoms with Gasteiger partial charge >= 0.3 is 11.9 Å². The monoisotopic (exact) mass is 238 g/mol. The van der Waals surface area contributed by atoms with Crippen LogP contribution in [0.15, 0.2) is 12.2 Å². The number of cyclic esters (lactones) is 1. The Balaban J connectivity index is 1.88. The Morgan fingerprint density at radius 2 is 2.06 bits per heavy atom. The predicted octanol–water partition coefficient (Wildman–Crippen LogP) is 1.98. The van der Waals surface area contributed by atoms with Crippen LogP contribution >= 0.6 is 0 Å². The van der Waals surface area contributed by atoms with Crippen molar-refractivity contribution in [3.63, 3.8) is 0 Å². The zero-order valence-electron chi connectivity index (χ0n) is 10.2. The fourth-order valence-electron chi connectivity index (χ4n) is 2.56. The van der Waals surface area contributed by atoms with Gasteiger partial charge in [-0.2, -0.15) is 0 Å². The van der Waals surface area contributed by atoms with E-state index in [1.165, 1.54) is 0 Å². The quantitative estimate of drug-likeness (QED) is 0.545. The zero-order chi connectivity index (χ0) is 12.5. The van der Waals surface area contributed by atoms with Gasteiger partial charge in [-0.25, -0.2) is 4.79 Å². The third-order valence-electron chi connectivity index (χ3n) is 3.76. The van der Waals surface area contributed by atoms with Crippen molar-refractivity contribution in [2.45, 2.75) is 45.1 Å². The molecule has 2 rings (SSSR count). The van der Waals surface area contributed by atoms with E-state index in [1.807, 2.05) is 0 Å². The third kappa shape index (κ3) is 2.35. The van der Waals surface area contributed by atoms with Crippen LogP contribution in [0.1, 0.15) is 39.0 Å². The molecule has 1 heterocycles. The topological polar surface area (TPSA) is 52.6 Å². The first kappa shape index (κ1) is 12.1. The minimum atomic E-state index is -0.333. The van der Waals surface area contributed by atoms with Crippen LogP contribution in [0.5, 0.6) is 0 Å². The van der Waals surface area contributed by atoms with Crippen LogP contribution in [-0.2, 0) is 19.1 Å². The Morgan fingerprint density at radius 1 is 1.41 bits per heavy atom. The Morgan fingerprint density at radius 3 is 2.53 bits per heavy atom. The molecule has 1 saturated heterocycles. The normalized spacial score (nSPS) is 32.3. The van der Waals surface area contributed by atoms with Crippen LogP contribution < -0.4 is 0 Å². The first-order valence-electron chi connectivity index (χ1n) is 6.07. The summed E-state index contributed by atoms with van der Waals surface area (Å²) in [5, 5.41) is 0. The van der Waals surface area contributed by atoms with Crippen LogP contribution in [0.25, 0.3) is 0 Å². The molecule has 1 aliphatic heterocycles.